The van der Waals surface area contributed by atoms with Crippen molar-refractivity contribution in [3.05, 3.63) is 60.3 Å². The molecule has 3 aromatic rings. The molecule has 0 unspecified atom stereocenters. The van der Waals surface area contributed by atoms with Crippen molar-refractivity contribution in [2.45, 2.75) is 13.3 Å². The summed E-state index contributed by atoms with van der Waals surface area (Å²) in [5, 5.41) is 12.4. The lowest BCUT2D eigenvalue weighted by Crippen LogP contribution is -1.86. The lowest BCUT2D eigenvalue weighted by molar-refractivity contribution is 0.483. The summed E-state index contributed by atoms with van der Waals surface area (Å²) in [6.07, 6.45) is 2.73. The molecule has 0 aliphatic carbocycles. The number of phenols is 1. The van der Waals surface area contributed by atoms with Crippen molar-refractivity contribution in [3.8, 4) is 17.0 Å². The molecule has 19 heavy (non-hydrogen) atoms. The Morgan fingerprint density at radius 2 is 1.95 bits per heavy atom. The van der Waals surface area contributed by atoms with Gasteiger partial charge in [-0.3, -0.25) is 4.98 Å². The Hall–Kier alpha value is -2.35. The zero-order chi connectivity index (χ0) is 13.2. The molecule has 1 aromatic heterocycles. The molecule has 0 radical (unpaired) electrons. The summed E-state index contributed by atoms with van der Waals surface area (Å²) in [5.74, 6) is 0.304. The van der Waals surface area contributed by atoms with Gasteiger partial charge in [0.2, 0.25) is 0 Å². The summed E-state index contributed by atoms with van der Waals surface area (Å²) in [6.45, 7) is 2.13. The van der Waals surface area contributed by atoms with Crippen LogP contribution >= 0.6 is 0 Å². The van der Waals surface area contributed by atoms with Crippen LogP contribution in [0.2, 0.25) is 0 Å². The number of aromatic nitrogens is 1. The smallest absolute Gasteiger partial charge is 0.132 e. The molecular weight excluding hydrogens is 234 g/mol. The molecular formula is C17H15NO. The molecule has 3 rings (SSSR count). The van der Waals surface area contributed by atoms with Crippen LogP contribution in [0.1, 0.15) is 12.5 Å². The molecule has 0 saturated carbocycles. The highest BCUT2D eigenvalue weighted by atomic mass is 16.3. The summed E-state index contributed by atoms with van der Waals surface area (Å²) >= 11 is 0. The van der Waals surface area contributed by atoms with Crippen molar-refractivity contribution in [1.82, 2.24) is 4.98 Å². The third kappa shape index (κ3) is 2.06. The summed E-state index contributed by atoms with van der Waals surface area (Å²) in [6, 6.07) is 15.8. The van der Waals surface area contributed by atoms with Crippen LogP contribution in [0, 0.1) is 0 Å². The Kier molecular flexibility index (Phi) is 2.92. The average molecular weight is 249 g/mol. The van der Waals surface area contributed by atoms with Crippen LogP contribution in [0.4, 0.5) is 0 Å². The summed E-state index contributed by atoms with van der Waals surface area (Å²) < 4.78 is 0. The first-order valence-corrected chi connectivity index (χ1v) is 6.45. The molecule has 0 saturated heterocycles. The molecule has 0 fully saturated rings. The highest BCUT2D eigenvalue weighted by Gasteiger charge is 2.09. The van der Waals surface area contributed by atoms with E-state index in [1.807, 2.05) is 36.4 Å². The van der Waals surface area contributed by atoms with Crippen molar-refractivity contribution in [2.24, 2.45) is 0 Å². The molecule has 2 nitrogen and oxygen atoms in total. The van der Waals surface area contributed by atoms with E-state index >= 15 is 0 Å². The molecule has 0 atom stereocenters. The number of aryl methyl sites for hydroxylation is 1. The number of aromatic hydroxyl groups is 1. The number of fused-ring (bicyclic) bond motifs is 1. The Balaban J connectivity index is 2.22. The minimum atomic E-state index is 0.304. The highest BCUT2D eigenvalue weighted by Crippen LogP contribution is 2.35. The lowest BCUT2D eigenvalue weighted by Gasteiger charge is -2.08. The third-order valence-electron chi connectivity index (χ3n) is 3.40. The summed E-state index contributed by atoms with van der Waals surface area (Å²) in [5.41, 5.74) is 2.84. The molecule has 94 valence electrons. The van der Waals surface area contributed by atoms with Gasteiger partial charge >= 0.3 is 0 Å². The maximum atomic E-state index is 10.4. The Bertz CT molecular complexity index is 720. The number of phenolic OH excluding ortho intramolecular Hbond substituents is 1. The number of nitrogens with zero attached hydrogens (tertiary/aromatic N) is 1. The number of hydrogen-bond donors (Lipinski definition) is 1. The van der Waals surface area contributed by atoms with Gasteiger partial charge in [0.1, 0.15) is 5.75 Å². The number of benzene rings is 2. The van der Waals surface area contributed by atoms with Crippen molar-refractivity contribution in [1.29, 1.82) is 0 Å². The number of pyridine rings is 1. The maximum absolute atomic E-state index is 10.4. The van der Waals surface area contributed by atoms with Gasteiger partial charge in [0.05, 0.1) is 5.69 Å². The third-order valence-corrected chi connectivity index (χ3v) is 3.40. The Morgan fingerprint density at radius 3 is 2.68 bits per heavy atom. The van der Waals surface area contributed by atoms with E-state index in [4.69, 9.17) is 0 Å². The van der Waals surface area contributed by atoms with Gasteiger partial charge in [0, 0.05) is 17.1 Å². The van der Waals surface area contributed by atoms with Gasteiger partial charge in [-0.15, -0.1) is 0 Å². The standard InChI is InChI=1S/C17H15NO/c1-2-12-6-8-14-13(11-12)7-9-15(17(14)19)16-5-3-4-10-18-16/h3-11,19H,2H2,1H3. The second-order valence-electron chi connectivity index (χ2n) is 4.59. The van der Waals surface area contributed by atoms with Crippen LogP contribution < -0.4 is 0 Å². The number of rotatable bonds is 2. The van der Waals surface area contributed by atoms with Crippen LogP contribution in [0.25, 0.3) is 22.0 Å². The van der Waals surface area contributed by atoms with Gasteiger partial charge in [-0.05, 0) is 35.6 Å². The minimum absolute atomic E-state index is 0.304. The topological polar surface area (TPSA) is 33.1 Å². The van der Waals surface area contributed by atoms with Crippen LogP contribution in [0.5, 0.6) is 5.75 Å². The van der Waals surface area contributed by atoms with E-state index in [1.165, 1.54) is 5.56 Å². The van der Waals surface area contributed by atoms with E-state index in [1.54, 1.807) is 6.20 Å². The molecule has 0 spiro atoms. The summed E-state index contributed by atoms with van der Waals surface area (Å²) in [4.78, 5) is 4.29. The molecule has 0 aliphatic rings. The van der Waals surface area contributed by atoms with Gasteiger partial charge in [-0.25, -0.2) is 0 Å². The quantitative estimate of drug-likeness (QED) is 0.739. The second kappa shape index (κ2) is 4.73. The van der Waals surface area contributed by atoms with Crippen LogP contribution in [-0.2, 0) is 6.42 Å². The Morgan fingerprint density at radius 1 is 1.05 bits per heavy atom. The first kappa shape index (κ1) is 11.7. The normalized spacial score (nSPS) is 10.8. The summed E-state index contributed by atoms with van der Waals surface area (Å²) in [7, 11) is 0. The molecule has 1 N–H and O–H groups in total. The van der Waals surface area contributed by atoms with E-state index in [9.17, 15) is 5.11 Å². The van der Waals surface area contributed by atoms with Crippen LogP contribution in [0.15, 0.2) is 54.7 Å². The maximum Gasteiger partial charge on any atom is 0.132 e. The zero-order valence-electron chi connectivity index (χ0n) is 10.8. The van der Waals surface area contributed by atoms with Crippen molar-refractivity contribution in [3.63, 3.8) is 0 Å². The minimum Gasteiger partial charge on any atom is -0.507 e. The molecule has 0 amide bonds. The van der Waals surface area contributed by atoms with E-state index in [-0.39, 0.29) is 0 Å². The molecule has 0 bridgehead atoms. The largest absolute Gasteiger partial charge is 0.507 e. The SMILES string of the molecule is CCc1ccc2c(O)c(-c3ccccn3)ccc2c1. The monoisotopic (exact) mass is 249 g/mol. The first-order chi connectivity index (χ1) is 9.29. The Labute approximate surface area is 112 Å². The molecule has 2 heteroatoms. The van der Waals surface area contributed by atoms with Gasteiger partial charge < -0.3 is 5.11 Å². The van der Waals surface area contributed by atoms with Gasteiger partial charge in [0.15, 0.2) is 0 Å². The fourth-order valence-electron chi connectivity index (χ4n) is 2.31. The van der Waals surface area contributed by atoms with Crippen molar-refractivity contribution >= 4 is 10.8 Å². The predicted octanol–water partition coefficient (Wildman–Crippen LogP) is 4.17. The molecule has 2 aromatic carbocycles. The van der Waals surface area contributed by atoms with Crippen LogP contribution in [0.3, 0.4) is 0 Å². The van der Waals surface area contributed by atoms with Crippen molar-refractivity contribution < 1.29 is 5.11 Å². The molecule has 0 aliphatic heterocycles. The van der Waals surface area contributed by atoms with Gasteiger partial charge in [-0.1, -0.05) is 37.3 Å². The van der Waals surface area contributed by atoms with Crippen molar-refractivity contribution in [2.75, 3.05) is 0 Å². The zero-order valence-corrected chi connectivity index (χ0v) is 10.8. The highest BCUT2D eigenvalue weighted by molar-refractivity contribution is 5.94. The van der Waals surface area contributed by atoms with Gasteiger partial charge in [-0.2, -0.15) is 0 Å². The van der Waals surface area contributed by atoms with Crippen LogP contribution in [-0.4, -0.2) is 10.1 Å². The average Bonchev–Trinajstić information content (AvgIpc) is 2.48. The van der Waals surface area contributed by atoms with E-state index in [0.717, 1.165) is 28.5 Å². The lowest BCUT2D eigenvalue weighted by atomic mass is 10.0. The van der Waals surface area contributed by atoms with E-state index in [2.05, 4.69) is 24.0 Å². The number of hydrogen-bond acceptors (Lipinski definition) is 2. The predicted molar refractivity (Wildman–Crippen MR) is 78.2 cm³/mol. The fourth-order valence-corrected chi connectivity index (χ4v) is 2.31. The first-order valence-electron chi connectivity index (χ1n) is 6.45. The van der Waals surface area contributed by atoms with E-state index < -0.39 is 0 Å². The van der Waals surface area contributed by atoms with E-state index in [0.29, 0.717) is 5.75 Å². The molecule has 1 heterocycles. The second-order valence-corrected chi connectivity index (χ2v) is 4.59. The fraction of sp³-hybridized carbons (Fsp3) is 0.118. The van der Waals surface area contributed by atoms with Gasteiger partial charge in [0.25, 0.3) is 0 Å².